The van der Waals surface area contributed by atoms with Gasteiger partial charge >= 0.3 is 12.3 Å². The molecule has 9 heteroatoms. The van der Waals surface area contributed by atoms with Gasteiger partial charge in [-0.2, -0.15) is 8.78 Å². The number of methoxy groups -OCH3 is 1. The molecule has 3 aromatic rings. The van der Waals surface area contributed by atoms with E-state index in [9.17, 15) is 18.4 Å². The monoisotopic (exact) mass is 419 g/mol. The van der Waals surface area contributed by atoms with Gasteiger partial charge < -0.3 is 14.8 Å². The van der Waals surface area contributed by atoms with Crippen LogP contribution in [0.25, 0.3) is 11.0 Å². The lowest BCUT2D eigenvalue weighted by Crippen LogP contribution is -2.26. The Morgan fingerprint density at radius 3 is 2.33 bits per heavy atom. The van der Waals surface area contributed by atoms with E-state index in [1.807, 2.05) is 31.2 Å². The van der Waals surface area contributed by atoms with Crippen LogP contribution >= 0.6 is 0 Å². The third-order valence-electron chi connectivity index (χ3n) is 4.60. The topological polar surface area (TPSA) is 74.5 Å². The van der Waals surface area contributed by atoms with Crippen LogP contribution in [0.5, 0.6) is 11.5 Å². The summed E-state index contributed by atoms with van der Waals surface area (Å²) in [5.74, 6) is -0.407. The Kier molecular flexibility index (Phi) is 6.71. The summed E-state index contributed by atoms with van der Waals surface area (Å²) in [5, 5.41) is 2.64. The summed E-state index contributed by atoms with van der Waals surface area (Å²) in [6, 6.07) is 11.7. The van der Waals surface area contributed by atoms with Gasteiger partial charge in [0.2, 0.25) is 5.91 Å². The fraction of sp³-hybridized carbons (Fsp3) is 0.333. The Morgan fingerprint density at radius 1 is 1.07 bits per heavy atom. The van der Waals surface area contributed by atoms with Crippen molar-refractivity contribution in [3.63, 3.8) is 0 Å². The van der Waals surface area contributed by atoms with Crippen LogP contribution in [0.2, 0.25) is 0 Å². The molecule has 0 saturated carbocycles. The lowest BCUT2D eigenvalue weighted by atomic mass is 10.2. The molecule has 0 aliphatic carbocycles. The minimum Gasteiger partial charge on any atom is -0.493 e. The average Bonchev–Trinajstić information content (AvgIpc) is 2.98. The van der Waals surface area contributed by atoms with E-state index in [-0.39, 0.29) is 41.7 Å². The van der Waals surface area contributed by atoms with E-state index in [4.69, 9.17) is 4.74 Å². The highest BCUT2D eigenvalue weighted by molar-refractivity contribution is 5.91. The van der Waals surface area contributed by atoms with Crippen molar-refractivity contribution in [2.24, 2.45) is 0 Å². The highest BCUT2D eigenvalue weighted by Crippen LogP contribution is 2.31. The van der Waals surface area contributed by atoms with Crippen LogP contribution in [-0.4, -0.2) is 28.8 Å². The van der Waals surface area contributed by atoms with Gasteiger partial charge in [-0.05, 0) is 30.7 Å². The first kappa shape index (κ1) is 21.4. The number of carbonyl (C=O) groups excluding carboxylic acids is 1. The normalized spacial score (nSPS) is 11.1. The number of amides is 1. The molecular formula is C21H23F2N3O4. The molecule has 0 aliphatic heterocycles. The molecule has 0 saturated heterocycles. The van der Waals surface area contributed by atoms with Crippen LogP contribution in [0.1, 0.15) is 19.8 Å². The predicted molar refractivity (Wildman–Crippen MR) is 109 cm³/mol. The quantitative estimate of drug-likeness (QED) is 0.572. The summed E-state index contributed by atoms with van der Waals surface area (Å²) < 4.78 is 37.8. The molecule has 7 nitrogen and oxygen atoms in total. The summed E-state index contributed by atoms with van der Waals surface area (Å²) in [4.78, 5) is 25.2. The van der Waals surface area contributed by atoms with Crippen LogP contribution in [0.15, 0.2) is 47.3 Å². The van der Waals surface area contributed by atoms with E-state index in [0.717, 1.165) is 17.5 Å². The number of halogens is 2. The average molecular weight is 419 g/mol. The number of imidazole rings is 1. The molecule has 1 amide bonds. The van der Waals surface area contributed by atoms with E-state index >= 15 is 0 Å². The first-order valence-electron chi connectivity index (χ1n) is 9.55. The van der Waals surface area contributed by atoms with Crippen molar-refractivity contribution in [1.29, 1.82) is 0 Å². The molecule has 3 rings (SSSR count). The summed E-state index contributed by atoms with van der Waals surface area (Å²) in [7, 11) is 1.33. The fourth-order valence-corrected chi connectivity index (χ4v) is 3.31. The number of carbonyl (C=O) groups is 1. The number of anilines is 1. The summed E-state index contributed by atoms with van der Waals surface area (Å²) >= 11 is 0. The van der Waals surface area contributed by atoms with Crippen molar-refractivity contribution in [1.82, 2.24) is 9.13 Å². The Balaban J connectivity index is 1.74. The smallest absolute Gasteiger partial charge is 0.387 e. The second kappa shape index (κ2) is 9.43. The van der Waals surface area contributed by atoms with Gasteiger partial charge in [-0.1, -0.05) is 19.1 Å². The number of nitrogens with zero attached hydrogens (tertiary/aromatic N) is 2. The number of rotatable bonds is 9. The number of para-hydroxylation sites is 2. The Morgan fingerprint density at radius 2 is 1.73 bits per heavy atom. The molecule has 0 atom stereocenters. The molecule has 160 valence electrons. The number of nitrogens with one attached hydrogen (secondary N) is 1. The summed E-state index contributed by atoms with van der Waals surface area (Å²) in [6.07, 6.45) is 0.853. The third-order valence-corrected chi connectivity index (χ3v) is 4.60. The molecule has 0 aliphatic rings. The number of benzene rings is 2. The van der Waals surface area contributed by atoms with Crippen molar-refractivity contribution in [2.45, 2.75) is 39.5 Å². The SMILES string of the molecule is CCCn1c(=O)n(CCC(=O)Nc2ccc(OC)c(OC(F)F)c2)c2ccccc21. The van der Waals surface area contributed by atoms with Crippen molar-refractivity contribution in [2.75, 3.05) is 12.4 Å². The number of fused-ring (bicyclic) bond motifs is 1. The van der Waals surface area contributed by atoms with Crippen LogP contribution in [0.3, 0.4) is 0 Å². The number of hydrogen-bond acceptors (Lipinski definition) is 4. The zero-order chi connectivity index (χ0) is 21.7. The molecule has 30 heavy (non-hydrogen) atoms. The first-order valence-corrected chi connectivity index (χ1v) is 9.55. The lowest BCUT2D eigenvalue weighted by molar-refractivity contribution is -0.116. The maximum Gasteiger partial charge on any atom is 0.387 e. The highest BCUT2D eigenvalue weighted by Gasteiger charge is 2.15. The Bertz CT molecular complexity index is 1090. The van der Waals surface area contributed by atoms with Gasteiger partial charge in [-0.15, -0.1) is 0 Å². The molecular weight excluding hydrogens is 396 g/mol. The zero-order valence-electron chi connectivity index (χ0n) is 16.7. The minimum atomic E-state index is -3.02. The van der Waals surface area contributed by atoms with E-state index in [1.165, 1.54) is 25.3 Å². The largest absolute Gasteiger partial charge is 0.493 e. The van der Waals surface area contributed by atoms with E-state index in [1.54, 1.807) is 9.13 Å². The number of hydrogen-bond donors (Lipinski definition) is 1. The second-order valence-electron chi connectivity index (χ2n) is 6.62. The van der Waals surface area contributed by atoms with Gasteiger partial charge in [0.1, 0.15) is 0 Å². The molecule has 0 unspecified atom stereocenters. The van der Waals surface area contributed by atoms with Crippen LogP contribution in [-0.2, 0) is 17.9 Å². The third kappa shape index (κ3) is 4.61. The molecule has 0 fully saturated rings. The standard InChI is InChI=1S/C21H23F2N3O4/c1-3-11-25-15-6-4-5-7-16(15)26(21(25)28)12-10-19(27)24-14-8-9-17(29-2)18(13-14)30-20(22)23/h4-9,13,20H,3,10-12H2,1-2H3,(H,24,27). The zero-order valence-corrected chi connectivity index (χ0v) is 16.7. The van der Waals surface area contributed by atoms with Crippen molar-refractivity contribution in [3.05, 3.63) is 52.9 Å². The predicted octanol–water partition coefficient (Wildman–Crippen LogP) is 3.85. The van der Waals surface area contributed by atoms with Crippen LogP contribution < -0.4 is 20.5 Å². The molecule has 0 bridgehead atoms. The van der Waals surface area contributed by atoms with Crippen molar-refractivity contribution >= 4 is 22.6 Å². The lowest BCUT2D eigenvalue weighted by Gasteiger charge is -2.12. The van der Waals surface area contributed by atoms with Gasteiger partial charge in [-0.25, -0.2) is 4.79 Å². The molecule has 1 N–H and O–H groups in total. The molecule has 0 radical (unpaired) electrons. The Labute approximate surface area is 171 Å². The minimum absolute atomic E-state index is 0.0388. The highest BCUT2D eigenvalue weighted by atomic mass is 19.3. The fourth-order valence-electron chi connectivity index (χ4n) is 3.31. The van der Waals surface area contributed by atoms with Crippen LogP contribution in [0, 0.1) is 0 Å². The number of ether oxygens (including phenoxy) is 2. The van der Waals surface area contributed by atoms with Gasteiger partial charge in [0.25, 0.3) is 0 Å². The van der Waals surface area contributed by atoms with E-state index < -0.39 is 6.61 Å². The number of aromatic nitrogens is 2. The molecule has 0 spiro atoms. The molecule has 1 heterocycles. The van der Waals surface area contributed by atoms with Crippen molar-refractivity contribution < 1.29 is 23.0 Å². The maximum absolute atomic E-state index is 12.8. The van der Waals surface area contributed by atoms with E-state index in [0.29, 0.717) is 6.54 Å². The molecule has 2 aromatic carbocycles. The maximum atomic E-state index is 12.8. The van der Waals surface area contributed by atoms with Gasteiger partial charge in [0.05, 0.1) is 18.1 Å². The van der Waals surface area contributed by atoms with Gasteiger partial charge in [0, 0.05) is 31.3 Å². The van der Waals surface area contributed by atoms with Crippen LogP contribution in [0.4, 0.5) is 14.5 Å². The Hall–Kier alpha value is -3.36. The van der Waals surface area contributed by atoms with Gasteiger partial charge in [-0.3, -0.25) is 13.9 Å². The van der Waals surface area contributed by atoms with Gasteiger partial charge in [0.15, 0.2) is 11.5 Å². The first-order chi connectivity index (χ1) is 14.4. The second-order valence-corrected chi connectivity index (χ2v) is 6.62. The summed E-state index contributed by atoms with van der Waals surface area (Å²) in [6.45, 7) is -0.236. The number of alkyl halides is 2. The van der Waals surface area contributed by atoms with Crippen molar-refractivity contribution in [3.8, 4) is 11.5 Å². The molecule has 1 aromatic heterocycles. The van der Waals surface area contributed by atoms with E-state index in [2.05, 4.69) is 10.1 Å². The number of aryl methyl sites for hydroxylation is 2. The summed E-state index contributed by atoms with van der Waals surface area (Å²) in [5.41, 5.74) is 1.72.